The number of ether oxygens (including phenoxy) is 1. The van der Waals surface area contributed by atoms with Gasteiger partial charge in [-0.2, -0.15) is 0 Å². The van der Waals surface area contributed by atoms with Crippen molar-refractivity contribution in [3.63, 3.8) is 0 Å². The SMILES string of the molecule is COc1cccc2nc(CCC(=O)O)cn12. The first-order chi connectivity index (χ1) is 7.70. The van der Waals surface area contributed by atoms with Gasteiger partial charge in [0.1, 0.15) is 5.65 Å². The Morgan fingerprint density at radius 3 is 3.06 bits per heavy atom. The summed E-state index contributed by atoms with van der Waals surface area (Å²) in [5.74, 6) is -0.129. The summed E-state index contributed by atoms with van der Waals surface area (Å²) in [6, 6.07) is 5.53. The molecule has 84 valence electrons. The number of aryl methyl sites for hydroxylation is 1. The quantitative estimate of drug-likeness (QED) is 0.845. The third kappa shape index (κ3) is 1.98. The van der Waals surface area contributed by atoms with Crippen LogP contribution in [0.4, 0.5) is 0 Å². The van der Waals surface area contributed by atoms with E-state index in [4.69, 9.17) is 9.84 Å². The molecule has 0 aliphatic heterocycles. The van der Waals surface area contributed by atoms with E-state index >= 15 is 0 Å². The van der Waals surface area contributed by atoms with Crippen LogP contribution in [0.15, 0.2) is 24.4 Å². The van der Waals surface area contributed by atoms with Crippen molar-refractivity contribution in [3.05, 3.63) is 30.1 Å². The van der Waals surface area contributed by atoms with Crippen molar-refractivity contribution in [3.8, 4) is 5.88 Å². The van der Waals surface area contributed by atoms with Crippen LogP contribution in [0.25, 0.3) is 5.65 Å². The van der Waals surface area contributed by atoms with Gasteiger partial charge in [-0.3, -0.25) is 9.20 Å². The van der Waals surface area contributed by atoms with Gasteiger partial charge in [0.25, 0.3) is 0 Å². The van der Waals surface area contributed by atoms with Gasteiger partial charge in [0.2, 0.25) is 0 Å². The summed E-state index contributed by atoms with van der Waals surface area (Å²) in [5, 5.41) is 8.59. The Bertz CT molecular complexity index is 519. The highest BCUT2D eigenvalue weighted by atomic mass is 16.5. The second kappa shape index (κ2) is 4.22. The minimum Gasteiger partial charge on any atom is -0.482 e. The molecule has 5 heteroatoms. The number of hydrogen-bond acceptors (Lipinski definition) is 3. The summed E-state index contributed by atoms with van der Waals surface area (Å²) < 4.78 is 6.98. The molecule has 1 N–H and O–H groups in total. The number of nitrogens with zero attached hydrogens (tertiary/aromatic N) is 2. The smallest absolute Gasteiger partial charge is 0.303 e. The Morgan fingerprint density at radius 2 is 2.38 bits per heavy atom. The lowest BCUT2D eigenvalue weighted by Gasteiger charge is -2.01. The van der Waals surface area contributed by atoms with E-state index in [0.29, 0.717) is 12.3 Å². The lowest BCUT2D eigenvalue weighted by Crippen LogP contribution is -1.97. The molecule has 0 radical (unpaired) electrons. The van der Waals surface area contributed by atoms with E-state index in [1.807, 2.05) is 18.2 Å². The van der Waals surface area contributed by atoms with Crippen LogP contribution < -0.4 is 4.74 Å². The number of carboxylic acid groups (broad SMARTS) is 1. The van der Waals surface area contributed by atoms with E-state index in [-0.39, 0.29) is 6.42 Å². The van der Waals surface area contributed by atoms with Gasteiger partial charge in [-0.05, 0) is 12.1 Å². The molecular formula is C11H12N2O3. The third-order valence-corrected chi connectivity index (χ3v) is 2.31. The highest BCUT2D eigenvalue weighted by molar-refractivity contribution is 5.67. The monoisotopic (exact) mass is 220 g/mol. The van der Waals surface area contributed by atoms with Gasteiger partial charge < -0.3 is 9.84 Å². The predicted octanol–water partition coefficient (Wildman–Crippen LogP) is 1.36. The number of rotatable bonds is 4. The zero-order valence-corrected chi connectivity index (χ0v) is 8.88. The predicted molar refractivity (Wildman–Crippen MR) is 57.7 cm³/mol. The van der Waals surface area contributed by atoms with Crippen LogP contribution in [0.2, 0.25) is 0 Å². The maximum absolute atomic E-state index is 10.5. The Balaban J connectivity index is 2.32. The van der Waals surface area contributed by atoms with Gasteiger partial charge >= 0.3 is 5.97 Å². The fourth-order valence-corrected chi connectivity index (χ4v) is 1.56. The molecule has 2 rings (SSSR count). The zero-order chi connectivity index (χ0) is 11.5. The van der Waals surface area contributed by atoms with E-state index in [9.17, 15) is 4.79 Å². The summed E-state index contributed by atoms with van der Waals surface area (Å²) in [5.41, 5.74) is 1.52. The Hall–Kier alpha value is -2.04. The molecule has 0 aromatic carbocycles. The minimum atomic E-state index is -0.816. The molecule has 0 bridgehead atoms. The lowest BCUT2D eigenvalue weighted by atomic mass is 10.2. The number of pyridine rings is 1. The first-order valence-electron chi connectivity index (χ1n) is 4.93. The number of fused-ring (bicyclic) bond motifs is 1. The fraction of sp³-hybridized carbons (Fsp3) is 0.273. The average molecular weight is 220 g/mol. The Labute approximate surface area is 92.3 Å². The molecule has 0 unspecified atom stereocenters. The molecular weight excluding hydrogens is 208 g/mol. The molecule has 0 spiro atoms. The van der Waals surface area contributed by atoms with Gasteiger partial charge in [-0.25, -0.2) is 4.98 Å². The van der Waals surface area contributed by atoms with Gasteiger partial charge in [-0.15, -0.1) is 0 Å². The van der Waals surface area contributed by atoms with Crippen LogP contribution in [0.1, 0.15) is 12.1 Å². The molecule has 2 heterocycles. The van der Waals surface area contributed by atoms with E-state index in [2.05, 4.69) is 4.98 Å². The van der Waals surface area contributed by atoms with E-state index in [1.165, 1.54) is 0 Å². The summed E-state index contributed by atoms with van der Waals surface area (Å²) in [7, 11) is 1.59. The number of imidazole rings is 1. The largest absolute Gasteiger partial charge is 0.482 e. The van der Waals surface area contributed by atoms with Crippen LogP contribution in [0.3, 0.4) is 0 Å². The van der Waals surface area contributed by atoms with Gasteiger partial charge in [0, 0.05) is 12.6 Å². The van der Waals surface area contributed by atoms with Gasteiger partial charge in [0.05, 0.1) is 19.2 Å². The summed E-state index contributed by atoms with van der Waals surface area (Å²) in [6.45, 7) is 0. The Kier molecular flexibility index (Phi) is 2.76. The third-order valence-electron chi connectivity index (χ3n) is 2.31. The summed E-state index contributed by atoms with van der Waals surface area (Å²) in [4.78, 5) is 14.8. The number of methoxy groups -OCH3 is 1. The van der Waals surface area contributed by atoms with Crippen molar-refractivity contribution in [2.45, 2.75) is 12.8 Å². The van der Waals surface area contributed by atoms with E-state index in [1.54, 1.807) is 17.7 Å². The fourth-order valence-electron chi connectivity index (χ4n) is 1.56. The van der Waals surface area contributed by atoms with Crippen molar-refractivity contribution in [2.75, 3.05) is 7.11 Å². The maximum atomic E-state index is 10.5. The van der Waals surface area contributed by atoms with Crippen molar-refractivity contribution >= 4 is 11.6 Å². The van der Waals surface area contributed by atoms with Crippen molar-refractivity contribution in [1.29, 1.82) is 0 Å². The number of aromatic nitrogens is 2. The van der Waals surface area contributed by atoms with E-state index < -0.39 is 5.97 Å². The van der Waals surface area contributed by atoms with Crippen LogP contribution in [0, 0.1) is 0 Å². The highest BCUT2D eigenvalue weighted by Gasteiger charge is 2.06. The lowest BCUT2D eigenvalue weighted by molar-refractivity contribution is -0.136. The van der Waals surface area contributed by atoms with Crippen LogP contribution in [-0.4, -0.2) is 27.6 Å². The second-order valence-electron chi connectivity index (χ2n) is 3.42. The van der Waals surface area contributed by atoms with Crippen LogP contribution in [-0.2, 0) is 11.2 Å². The van der Waals surface area contributed by atoms with Gasteiger partial charge in [-0.1, -0.05) is 6.07 Å². The molecule has 0 saturated heterocycles. The second-order valence-corrected chi connectivity index (χ2v) is 3.42. The van der Waals surface area contributed by atoms with Crippen molar-refractivity contribution < 1.29 is 14.6 Å². The first kappa shape index (κ1) is 10.5. The van der Waals surface area contributed by atoms with Crippen molar-refractivity contribution in [1.82, 2.24) is 9.38 Å². The van der Waals surface area contributed by atoms with Crippen LogP contribution >= 0.6 is 0 Å². The number of hydrogen-bond donors (Lipinski definition) is 1. The molecule has 0 amide bonds. The number of carbonyl (C=O) groups is 1. The number of carboxylic acids is 1. The molecule has 0 aliphatic rings. The standard InChI is InChI=1S/C11H12N2O3/c1-16-10-4-2-3-9-12-8(7-13(9)10)5-6-11(14)15/h2-4,7H,5-6H2,1H3,(H,14,15). The van der Waals surface area contributed by atoms with Gasteiger partial charge in [0.15, 0.2) is 5.88 Å². The van der Waals surface area contributed by atoms with Crippen LogP contribution in [0.5, 0.6) is 5.88 Å². The highest BCUT2D eigenvalue weighted by Crippen LogP contribution is 2.15. The summed E-state index contributed by atoms with van der Waals surface area (Å²) >= 11 is 0. The molecule has 2 aromatic rings. The number of aliphatic carboxylic acids is 1. The minimum absolute atomic E-state index is 0.0895. The molecule has 0 atom stereocenters. The topological polar surface area (TPSA) is 63.8 Å². The molecule has 2 aromatic heterocycles. The molecule has 5 nitrogen and oxygen atoms in total. The Morgan fingerprint density at radius 1 is 1.56 bits per heavy atom. The first-order valence-corrected chi connectivity index (χ1v) is 4.93. The molecule has 0 aliphatic carbocycles. The van der Waals surface area contributed by atoms with Crippen molar-refractivity contribution in [2.24, 2.45) is 0 Å². The zero-order valence-electron chi connectivity index (χ0n) is 8.88. The maximum Gasteiger partial charge on any atom is 0.303 e. The summed E-state index contributed by atoms with van der Waals surface area (Å²) in [6.07, 6.45) is 2.32. The molecule has 0 fully saturated rings. The molecule has 16 heavy (non-hydrogen) atoms. The molecule has 0 saturated carbocycles. The van der Waals surface area contributed by atoms with E-state index in [0.717, 1.165) is 11.3 Å². The average Bonchev–Trinajstić information content (AvgIpc) is 2.68. The normalized spacial score (nSPS) is 10.6.